The lowest BCUT2D eigenvalue weighted by molar-refractivity contribution is -0.150. The molecule has 0 unspecified atom stereocenters. The van der Waals surface area contributed by atoms with Gasteiger partial charge in [0.15, 0.2) is 0 Å². The summed E-state index contributed by atoms with van der Waals surface area (Å²) in [5.41, 5.74) is 1.04. The van der Waals surface area contributed by atoms with E-state index in [-0.39, 0.29) is 24.7 Å². The van der Waals surface area contributed by atoms with E-state index in [1.807, 2.05) is 35.2 Å². The summed E-state index contributed by atoms with van der Waals surface area (Å²) >= 11 is 0. The van der Waals surface area contributed by atoms with Crippen LogP contribution in [-0.2, 0) is 9.53 Å². The van der Waals surface area contributed by atoms with Gasteiger partial charge in [-0.15, -0.1) is 0 Å². The third kappa shape index (κ3) is 4.60. The number of rotatable bonds is 5. The van der Waals surface area contributed by atoms with E-state index in [0.717, 1.165) is 25.1 Å². The Balaban J connectivity index is 1.64. The van der Waals surface area contributed by atoms with E-state index in [1.165, 1.54) is 12.8 Å². The predicted octanol–water partition coefficient (Wildman–Crippen LogP) is 2.07. The van der Waals surface area contributed by atoms with Gasteiger partial charge in [0.2, 0.25) is 5.91 Å². The molecule has 2 fully saturated rings. The molecule has 0 saturated carbocycles. The Morgan fingerprint density at radius 2 is 1.92 bits per heavy atom. The van der Waals surface area contributed by atoms with Gasteiger partial charge in [0.1, 0.15) is 6.10 Å². The first-order valence-corrected chi connectivity index (χ1v) is 9.44. The molecule has 2 saturated heterocycles. The SMILES string of the molecule is CN1CCC(CCC(=O)N2CCO[C@H](CO)[C@H]2c2ccccc2)CC1. The molecule has 3 rings (SSSR count). The molecule has 0 aromatic heterocycles. The molecule has 0 bridgehead atoms. The lowest BCUT2D eigenvalue weighted by Gasteiger charge is -2.41. The van der Waals surface area contributed by atoms with Gasteiger partial charge in [-0.1, -0.05) is 30.3 Å². The zero-order valence-electron chi connectivity index (χ0n) is 15.1. The Morgan fingerprint density at radius 1 is 1.20 bits per heavy atom. The largest absolute Gasteiger partial charge is 0.394 e. The van der Waals surface area contributed by atoms with Crippen LogP contribution in [0.4, 0.5) is 0 Å². The van der Waals surface area contributed by atoms with Crippen LogP contribution in [0.5, 0.6) is 0 Å². The summed E-state index contributed by atoms with van der Waals surface area (Å²) in [5, 5.41) is 9.71. The van der Waals surface area contributed by atoms with Crippen molar-refractivity contribution in [3.8, 4) is 0 Å². The summed E-state index contributed by atoms with van der Waals surface area (Å²) < 4.78 is 5.73. The van der Waals surface area contributed by atoms with Crippen LogP contribution in [0.25, 0.3) is 0 Å². The van der Waals surface area contributed by atoms with Gasteiger partial charge in [-0.2, -0.15) is 0 Å². The summed E-state index contributed by atoms with van der Waals surface area (Å²) in [4.78, 5) is 17.2. The number of ether oxygens (including phenoxy) is 1. The van der Waals surface area contributed by atoms with Gasteiger partial charge in [-0.25, -0.2) is 0 Å². The van der Waals surface area contributed by atoms with Crippen LogP contribution in [0.3, 0.4) is 0 Å². The summed E-state index contributed by atoms with van der Waals surface area (Å²) in [6.45, 7) is 3.29. The number of aliphatic hydroxyl groups is 1. The first-order chi connectivity index (χ1) is 12.2. The van der Waals surface area contributed by atoms with E-state index in [9.17, 15) is 9.90 Å². The van der Waals surface area contributed by atoms with E-state index < -0.39 is 0 Å². The maximum atomic E-state index is 12.9. The van der Waals surface area contributed by atoms with Gasteiger partial charge in [0.05, 0.1) is 19.3 Å². The fraction of sp³-hybridized carbons (Fsp3) is 0.650. The second-order valence-electron chi connectivity index (χ2n) is 7.32. The van der Waals surface area contributed by atoms with Crippen LogP contribution >= 0.6 is 0 Å². The summed E-state index contributed by atoms with van der Waals surface area (Å²) in [6, 6.07) is 9.75. The Hall–Kier alpha value is -1.43. The van der Waals surface area contributed by atoms with Gasteiger partial charge in [0, 0.05) is 13.0 Å². The number of aliphatic hydroxyl groups excluding tert-OH is 1. The number of hydrogen-bond donors (Lipinski definition) is 1. The molecule has 2 aliphatic rings. The van der Waals surface area contributed by atoms with Crippen LogP contribution in [-0.4, -0.2) is 66.8 Å². The molecule has 138 valence electrons. The minimum atomic E-state index is -0.344. The molecule has 0 aliphatic carbocycles. The van der Waals surface area contributed by atoms with Gasteiger partial charge >= 0.3 is 0 Å². The maximum absolute atomic E-state index is 12.9. The zero-order valence-corrected chi connectivity index (χ0v) is 15.1. The average Bonchev–Trinajstić information content (AvgIpc) is 2.67. The van der Waals surface area contributed by atoms with Crippen LogP contribution in [0.15, 0.2) is 30.3 Å². The van der Waals surface area contributed by atoms with Crippen molar-refractivity contribution in [2.45, 2.75) is 37.8 Å². The van der Waals surface area contributed by atoms with Crippen molar-refractivity contribution in [1.29, 1.82) is 0 Å². The topological polar surface area (TPSA) is 53.0 Å². The predicted molar refractivity (Wildman–Crippen MR) is 97.2 cm³/mol. The highest BCUT2D eigenvalue weighted by molar-refractivity contribution is 5.77. The van der Waals surface area contributed by atoms with Crippen molar-refractivity contribution < 1.29 is 14.6 Å². The second-order valence-corrected chi connectivity index (χ2v) is 7.32. The molecular weight excluding hydrogens is 316 g/mol. The molecule has 5 nitrogen and oxygen atoms in total. The van der Waals surface area contributed by atoms with Crippen LogP contribution in [0.1, 0.15) is 37.3 Å². The molecule has 5 heteroatoms. The summed E-state index contributed by atoms with van der Waals surface area (Å²) in [5.74, 6) is 0.847. The molecule has 1 N–H and O–H groups in total. The van der Waals surface area contributed by atoms with Crippen molar-refractivity contribution in [1.82, 2.24) is 9.80 Å². The van der Waals surface area contributed by atoms with Crippen molar-refractivity contribution in [2.75, 3.05) is 39.9 Å². The molecule has 1 aromatic carbocycles. The molecule has 2 heterocycles. The Bertz CT molecular complexity index is 543. The molecule has 0 spiro atoms. The van der Waals surface area contributed by atoms with E-state index in [1.54, 1.807) is 0 Å². The molecule has 1 aromatic rings. The molecule has 2 atom stereocenters. The first-order valence-electron chi connectivity index (χ1n) is 9.44. The van der Waals surface area contributed by atoms with Crippen LogP contribution in [0.2, 0.25) is 0 Å². The average molecular weight is 346 g/mol. The van der Waals surface area contributed by atoms with Gasteiger partial charge in [-0.05, 0) is 50.9 Å². The molecular formula is C20H30N2O3. The number of amides is 1. The number of hydrogen-bond acceptors (Lipinski definition) is 4. The fourth-order valence-corrected chi connectivity index (χ4v) is 4.03. The summed E-state index contributed by atoms with van der Waals surface area (Å²) in [6.07, 6.45) is 3.59. The number of piperidine rings is 1. The third-order valence-corrected chi connectivity index (χ3v) is 5.60. The minimum absolute atomic E-state index is 0.0711. The number of morpholine rings is 1. The standard InChI is InChI=1S/C20H30N2O3/c1-21-11-9-16(10-12-21)7-8-19(24)22-13-14-25-18(15-23)20(22)17-5-3-2-4-6-17/h2-6,16,18,20,23H,7-15H2,1H3/t18-,20-/m1/s1. The number of carbonyl (C=O) groups is 1. The monoisotopic (exact) mass is 346 g/mol. The number of carbonyl (C=O) groups excluding carboxylic acids is 1. The number of nitrogens with zero attached hydrogens (tertiary/aromatic N) is 2. The fourth-order valence-electron chi connectivity index (χ4n) is 4.03. The quantitative estimate of drug-likeness (QED) is 0.887. The lowest BCUT2D eigenvalue weighted by Crippen LogP contribution is -2.49. The second kappa shape index (κ2) is 8.79. The molecule has 0 radical (unpaired) electrons. The van der Waals surface area contributed by atoms with Crippen molar-refractivity contribution in [2.24, 2.45) is 5.92 Å². The Morgan fingerprint density at radius 3 is 2.60 bits per heavy atom. The van der Waals surface area contributed by atoms with Gasteiger partial charge < -0.3 is 19.6 Å². The van der Waals surface area contributed by atoms with Gasteiger partial charge in [0.25, 0.3) is 0 Å². The van der Waals surface area contributed by atoms with E-state index in [4.69, 9.17) is 4.74 Å². The zero-order chi connectivity index (χ0) is 17.6. The third-order valence-electron chi connectivity index (χ3n) is 5.60. The molecule has 25 heavy (non-hydrogen) atoms. The van der Waals surface area contributed by atoms with Crippen molar-refractivity contribution in [3.05, 3.63) is 35.9 Å². The summed E-state index contributed by atoms with van der Waals surface area (Å²) in [7, 11) is 2.16. The highest BCUT2D eigenvalue weighted by atomic mass is 16.5. The Kier molecular flexibility index (Phi) is 6.45. The van der Waals surface area contributed by atoms with E-state index in [0.29, 0.717) is 25.5 Å². The van der Waals surface area contributed by atoms with Crippen molar-refractivity contribution >= 4 is 5.91 Å². The minimum Gasteiger partial charge on any atom is -0.394 e. The highest BCUT2D eigenvalue weighted by Gasteiger charge is 2.35. The van der Waals surface area contributed by atoms with Gasteiger partial charge in [-0.3, -0.25) is 4.79 Å². The normalized spacial score (nSPS) is 25.9. The van der Waals surface area contributed by atoms with Crippen LogP contribution in [0, 0.1) is 5.92 Å². The first kappa shape index (κ1) is 18.4. The van der Waals surface area contributed by atoms with E-state index >= 15 is 0 Å². The highest BCUT2D eigenvalue weighted by Crippen LogP contribution is 2.31. The number of likely N-dealkylation sites (tertiary alicyclic amines) is 1. The lowest BCUT2D eigenvalue weighted by atomic mass is 9.91. The van der Waals surface area contributed by atoms with Crippen LogP contribution < -0.4 is 0 Å². The molecule has 1 amide bonds. The van der Waals surface area contributed by atoms with E-state index in [2.05, 4.69) is 11.9 Å². The van der Waals surface area contributed by atoms with Crippen molar-refractivity contribution in [3.63, 3.8) is 0 Å². The smallest absolute Gasteiger partial charge is 0.223 e. The Labute approximate surface area is 150 Å². The number of benzene rings is 1. The maximum Gasteiger partial charge on any atom is 0.223 e. The molecule has 2 aliphatic heterocycles.